The zero-order chi connectivity index (χ0) is 16.2. The van der Waals surface area contributed by atoms with Crippen LogP contribution in [0.15, 0.2) is 54.6 Å². The molecule has 0 radical (unpaired) electrons. The summed E-state index contributed by atoms with van der Waals surface area (Å²) >= 11 is 0. The highest BCUT2D eigenvalue weighted by Crippen LogP contribution is 2.24. The maximum atomic E-state index is 12.3. The third-order valence-electron chi connectivity index (χ3n) is 3.86. The Morgan fingerprint density at radius 3 is 2.61 bits per heavy atom. The molecule has 1 heterocycles. The number of anilines is 1. The van der Waals surface area contributed by atoms with Gasteiger partial charge in [0.05, 0.1) is 6.04 Å². The van der Waals surface area contributed by atoms with Crippen molar-refractivity contribution in [3.05, 3.63) is 65.7 Å². The average molecular weight is 310 g/mol. The summed E-state index contributed by atoms with van der Waals surface area (Å²) in [4.78, 5) is 25.9. The topological polar surface area (TPSA) is 58.6 Å². The van der Waals surface area contributed by atoms with Crippen LogP contribution in [0.25, 0.3) is 0 Å². The van der Waals surface area contributed by atoms with E-state index in [1.165, 1.54) is 0 Å². The molecule has 3 rings (SSSR count). The number of amides is 2. The van der Waals surface area contributed by atoms with Crippen LogP contribution in [0.1, 0.15) is 22.8 Å². The van der Waals surface area contributed by atoms with E-state index >= 15 is 0 Å². The van der Waals surface area contributed by atoms with Crippen LogP contribution in [0.3, 0.4) is 0 Å². The van der Waals surface area contributed by atoms with Gasteiger partial charge in [-0.1, -0.05) is 36.4 Å². The molecule has 1 aliphatic rings. The molecule has 1 N–H and O–H groups in total. The van der Waals surface area contributed by atoms with Gasteiger partial charge in [-0.3, -0.25) is 10.1 Å². The van der Waals surface area contributed by atoms with E-state index in [0.717, 1.165) is 11.1 Å². The highest BCUT2D eigenvalue weighted by molar-refractivity contribution is 5.98. The summed E-state index contributed by atoms with van der Waals surface area (Å²) in [5, 5.41) is 2.65. The van der Waals surface area contributed by atoms with Crippen LogP contribution in [0.5, 0.6) is 0 Å². The van der Waals surface area contributed by atoms with Crippen LogP contribution in [0.4, 0.5) is 10.5 Å². The molecule has 0 aliphatic carbocycles. The van der Waals surface area contributed by atoms with Crippen LogP contribution >= 0.6 is 0 Å². The number of carbonyl (C=O) groups excluding carboxylic acids is 2. The van der Waals surface area contributed by atoms with Gasteiger partial charge in [-0.2, -0.15) is 0 Å². The zero-order valence-corrected chi connectivity index (χ0v) is 12.9. The second kappa shape index (κ2) is 6.52. The molecule has 0 aromatic heterocycles. The Kier molecular flexibility index (Phi) is 4.28. The summed E-state index contributed by atoms with van der Waals surface area (Å²) in [6, 6.07) is 16.5. The number of nitrogens with one attached hydrogen (secondary N) is 1. The minimum atomic E-state index is -0.521. The van der Waals surface area contributed by atoms with Crippen molar-refractivity contribution in [3.8, 4) is 0 Å². The Hall–Kier alpha value is -2.82. The zero-order valence-electron chi connectivity index (χ0n) is 12.9. The summed E-state index contributed by atoms with van der Waals surface area (Å²) in [5.41, 5.74) is 2.42. The smallest absolute Gasteiger partial charge is 0.411 e. The Labute approximate surface area is 134 Å². The lowest BCUT2D eigenvalue weighted by molar-refractivity contribution is 0.0614. The Morgan fingerprint density at radius 1 is 1.17 bits per heavy atom. The molecule has 1 aliphatic heterocycles. The minimum absolute atomic E-state index is 0.0137. The summed E-state index contributed by atoms with van der Waals surface area (Å²) in [6.45, 7) is 2.58. The number of fused-ring (bicyclic) bond motifs is 1. The van der Waals surface area contributed by atoms with Gasteiger partial charge in [-0.05, 0) is 30.7 Å². The fourth-order valence-electron chi connectivity index (χ4n) is 2.59. The number of para-hydroxylation sites is 1. The maximum absolute atomic E-state index is 12.3. The fraction of sp³-hybridized carbons (Fsp3) is 0.222. The minimum Gasteiger partial charge on any atom is -0.447 e. The molecule has 0 unspecified atom stereocenters. The molecular formula is C18H18N2O3. The first-order valence-electron chi connectivity index (χ1n) is 7.53. The van der Waals surface area contributed by atoms with Gasteiger partial charge in [-0.25, -0.2) is 4.79 Å². The third-order valence-corrected chi connectivity index (χ3v) is 3.86. The molecule has 5 nitrogen and oxygen atoms in total. The van der Waals surface area contributed by atoms with Crippen LogP contribution < -0.4 is 5.32 Å². The van der Waals surface area contributed by atoms with Crippen LogP contribution in [-0.4, -0.2) is 29.5 Å². The number of rotatable bonds is 4. The van der Waals surface area contributed by atoms with Crippen molar-refractivity contribution in [2.45, 2.75) is 19.5 Å². The van der Waals surface area contributed by atoms with Crippen LogP contribution in [-0.2, 0) is 11.3 Å². The fourth-order valence-corrected chi connectivity index (χ4v) is 2.59. The predicted octanol–water partition coefficient (Wildman–Crippen LogP) is 3.28. The van der Waals surface area contributed by atoms with Crippen molar-refractivity contribution in [2.75, 3.05) is 11.9 Å². The number of nitrogens with zero attached hydrogens (tertiary/aromatic N) is 1. The van der Waals surface area contributed by atoms with Gasteiger partial charge in [-0.15, -0.1) is 0 Å². The van der Waals surface area contributed by atoms with Crippen LogP contribution in [0.2, 0.25) is 0 Å². The van der Waals surface area contributed by atoms with Crippen LogP contribution in [0, 0.1) is 0 Å². The summed E-state index contributed by atoms with van der Waals surface area (Å²) < 4.78 is 5.22. The lowest BCUT2D eigenvalue weighted by Gasteiger charge is -2.23. The molecule has 2 amide bonds. The number of ether oxygens (including phenoxy) is 1. The molecule has 5 heteroatoms. The SMILES string of the molecule is C[C@@H](COC(=O)Nc1ccccc1)N1Cc2ccccc2C1=O. The lowest BCUT2D eigenvalue weighted by atomic mass is 10.1. The average Bonchev–Trinajstić information content (AvgIpc) is 2.91. The number of benzene rings is 2. The molecule has 1 atom stereocenters. The Bertz CT molecular complexity index is 715. The molecular weight excluding hydrogens is 292 g/mol. The van der Waals surface area contributed by atoms with Gasteiger partial charge in [0.25, 0.3) is 5.91 Å². The Morgan fingerprint density at radius 2 is 1.87 bits per heavy atom. The Balaban J connectivity index is 1.53. The van der Waals surface area contributed by atoms with Crippen molar-refractivity contribution in [3.63, 3.8) is 0 Å². The quantitative estimate of drug-likeness (QED) is 0.943. The third kappa shape index (κ3) is 3.34. The number of hydrogen-bond donors (Lipinski definition) is 1. The van der Waals surface area contributed by atoms with Gasteiger partial charge in [0.2, 0.25) is 0 Å². The normalized spacial score (nSPS) is 14.3. The van der Waals surface area contributed by atoms with E-state index in [2.05, 4.69) is 5.32 Å². The van der Waals surface area contributed by atoms with Crippen molar-refractivity contribution in [1.82, 2.24) is 4.90 Å². The van der Waals surface area contributed by atoms with Crippen molar-refractivity contribution >= 4 is 17.7 Å². The molecule has 0 spiro atoms. The molecule has 23 heavy (non-hydrogen) atoms. The summed E-state index contributed by atoms with van der Waals surface area (Å²) in [7, 11) is 0. The first kappa shape index (κ1) is 15.1. The van der Waals surface area contributed by atoms with E-state index in [9.17, 15) is 9.59 Å². The van der Waals surface area contributed by atoms with Gasteiger partial charge < -0.3 is 9.64 Å². The second-order valence-corrected chi connectivity index (χ2v) is 5.53. The van der Waals surface area contributed by atoms with Gasteiger partial charge >= 0.3 is 6.09 Å². The van der Waals surface area contributed by atoms with E-state index < -0.39 is 6.09 Å². The highest BCUT2D eigenvalue weighted by atomic mass is 16.5. The van der Waals surface area contributed by atoms with E-state index in [4.69, 9.17) is 4.74 Å². The second-order valence-electron chi connectivity index (χ2n) is 5.53. The maximum Gasteiger partial charge on any atom is 0.411 e. The van der Waals surface area contributed by atoms with Crippen molar-refractivity contribution in [2.24, 2.45) is 0 Å². The molecule has 0 bridgehead atoms. The number of hydrogen-bond acceptors (Lipinski definition) is 3. The molecule has 0 saturated heterocycles. The monoisotopic (exact) mass is 310 g/mol. The summed E-state index contributed by atoms with van der Waals surface area (Å²) in [5.74, 6) is -0.0137. The predicted molar refractivity (Wildman–Crippen MR) is 87.2 cm³/mol. The van der Waals surface area contributed by atoms with E-state index in [1.54, 1.807) is 17.0 Å². The van der Waals surface area contributed by atoms with E-state index in [-0.39, 0.29) is 18.6 Å². The standard InChI is InChI=1S/C18H18N2O3/c1-13(12-23-18(22)19-15-8-3-2-4-9-15)20-11-14-7-5-6-10-16(14)17(20)21/h2-10,13H,11-12H2,1H3,(H,19,22)/t13-/m0/s1. The highest BCUT2D eigenvalue weighted by Gasteiger charge is 2.30. The summed E-state index contributed by atoms with van der Waals surface area (Å²) in [6.07, 6.45) is -0.521. The largest absolute Gasteiger partial charge is 0.447 e. The first-order valence-corrected chi connectivity index (χ1v) is 7.53. The molecule has 0 saturated carbocycles. The molecule has 118 valence electrons. The van der Waals surface area contributed by atoms with Gasteiger partial charge in [0.15, 0.2) is 0 Å². The first-order chi connectivity index (χ1) is 11.1. The lowest BCUT2D eigenvalue weighted by Crippen LogP contribution is -2.37. The van der Waals surface area contributed by atoms with Crippen molar-refractivity contribution in [1.29, 1.82) is 0 Å². The van der Waals surface area contributed by atoms with Gasteiger partial charge in [0, 0.05) is 17.8 Å². The van der Waals surface area contributed by atoms with E-state index in [1.807, 2.05) is 49.4 Å². The molecule has 0 fully saturated rings. The van der Waals surface area contributed by atoms with Gasteiger partial charge in [0.1, 0.15) is 6.61 Å². The molecule has 2 aromatic rings. The van der Waals surface area contributed by atoms with E-state index in [0.29, 0.717) is 12.2 Å². The molecule has 2 aromatic carbocycles. The van der Waals surface area contributed by atoms with Crippen molar-refractivity contribution < 1.29 is 14.3 Å². The number of carbonyl (C=O) groups is 2.